The van der Waals surface area contributed by atoms with E-state index < -0.39 is 28.7 Å². The molecule has 9 heteroatoms. The molecular weight excluding hydrogens is 522 g/mol. The third-order valence-corrected chi connectivity index (χ3v) is 10.4. The van der Waals surface area contributed by atoms with Crippen LogP contribution in [0.25, 0.3) is 0 Å². The van der Waals surface area contributed by atoms with Gasteiger partial charge in [0.1, 0.15) is 6.04 Å². The molecule has 2 unspecified atom stereocenters. The van der Waals surface area contributed by atoms with E-state index >= 15 is 0 Å². The van der Waals surface area contributed by atoms with Crippen molar-refractivity contribution in [3.8, 4) is 0 Å². The summed E-state index contributed by atoms with van der Waals surface area (Å²) < 4.78 is -0.751. The Bertz CT molecular complexity index is 1110. The Hall–Kier alpha value is -2.29. The second-order valence-electron chi connectivity index (χ2n) is 11.0. The highest BCUT2D eigenvalue weighted by molar-refractivity contribution is 8.02. The summed E-state index contributed by atoms with van der Waals surface area (Å²) in [4.78, 5) is 47.4. The van der Waals surface area contributed by atoms with Gasteiger partial charge in [0, 0.05) is 25.4 Å². The van der Waals surface area contributed by atoms with Gasteiger partial charge in [0.25, 0.3) is 5.91 Å². The number of anilines is 1. The van der Waals surface area contributed by atoms with Crippen molar-refractivity contribution in [1.82, 2.24) is 9.80 Å². The van der Waals surface area contributed by atoms with Crippen molar-refractivity contribution < 1.29 is 19.5 Å². The highest BCUT2D eigenvalue weighted by Crippen LogP contribution is 2.67. The summed E-state index contributed by atoms with van der Waals surface area (Å²) >= 11 is 8.16. The van der Waals surface area contributed by atoms with Gasteiger partial charge in [-0.1, -0.05) is 49.7 Å². The van der Waals surface area contributed by atoms with Crippen molar-refractivity contribution >= 4 is 46.8 Å². The van der Waals surface area contributed by atoms with Gasteiger partial charge < -0.3 is 19.8 Å². The smallest absolute Gasteiger partial charge is 0.251 e. The number of carbonyl (C=O) groups is 3. The van der Waals surface area contributed by atoms with E-state index in [0.29, 0.717) is 30.1 Å². The maximum absolute atomic E-state index is 14.6. The number of thioether (sulfide) groups is 1. The van der Waals surface area contributed by atoms with Crippen LogP contribution in [0.3, 0.4) is 0 Å². The summed E-state index contributed by atoms with van der Waals surface area (Å²) in [5.74, 6) is -1.50. The number of para-hydroxylation sites is 1. The summed E-state index contributed by atoms with van der Waals surface area (Å²) in [6, 6.07) is 5.77. The molecule has 6 atom stereocenters. The van der Waals surface area contributed by atoms with Gasteiger partial charge in [-0.3, -0.25) is 14.4 Å². The van der Waals surface area contributed by atoms with Crippen LogP contribution in [0.5, 0.6) is 0 Å². The molecule has 2 bridgehead atoms. The molecule has 38 heavy (non-hydrogen) atoms. The zero-order chi connectivity index (χ0) is 27.8. The van der Waals surface area contributed by atoms with Gasteiger partial charge in [0.05, 0.1) is 39.9 Å². The van der Waals surface area contributed by atoms with Crippen molar-refractivity contribution in [2.75, 3.05) is 31.6 Å². The van der Waals surface area contributed by atoms with E-state index in [1.54, 1.807) is 63.9 Å². The van der Waals surface area contributed by atoms with Crippen molar-refractivity contribution in [3.05, 3.63) is 54.6 Å². The fraction of sp³-hybridized carbons (Fsp3) is 0.552. The van der Waals surface area contributed by atoms with E-state index in [2.05, 4.69) is 13.2 Å². The third-order valence-electron chi connectivity index (χ3n) is 8.10. The van der Waals surface area contributed by atoms with E-state index in [0.717, 1.165) is 6.42 Å². The molecule has 0 saturated carbocycles. The molecule has 206 valence electrons. The van der Waals surface area contributed by atoms with Crippen LogP contribution in [-0.2, 0) is 14.4 Å². The molecule has 1 aromatic rings. The number of hydrogen-bond acceptors (Lipinski definition) is 5. The minimum atomic E-state index is -0.829. The monoisotopic (exact) mass is 559 g/mol. The first kappa shape index (κ1) is 28.7. The predicted octanol–water partition coefficient (Wildman–Crippen LogP) is 4.00. The average molecular weight is 560 g/mol. The van der Waals surface area contributed by atoms with Crippen LogP contribution in [-0.4, -0.2) is 81.5 Å². The maximum atomic E-state index is 14.6. The Morgan fingerprint density at radius 3 is 2.53 bits per heavy atom. The van der Waals surface area contributed by atoms with Gasteiger partial charge in [-0.2, -0.15) is 0 Å². The Labute approximate surface area is 234 Å². The number of rotatable bonds is 11. The van der Waals surface area contributed by atoms with Gasteiger partial charge in [-0.15, -0.1) is 24.9 Å². The van der Waals surface area contributed by atoms with Crippen molar-refractivity contribution in [3.63, 3.8) is 0 Å². The summed E-state index contributed by atoms with van der Waals surface area (Å²) in [6.07, 6.45) is 5.28. The normalized spacial score (nSPS) is 28.4. The lowest BCUT2D eigenvalue weighted by molar-refractivity contribution is -0.145. The number of fused-ring (bicyclic) bond motifs is 1. The fourth-order valence-electron chi connectivity index (χ4n) is 6.66. The van der Waals surface area contributed by atoms with E-state index in [1.165, 1.54) is 0 Å². The Morgan fingerprint density at radius 2 is 1.92 bits per heavy atom. The molecule has 3 saturated heterocycles. The van der Waals surface area contributed by atoms with Gasteiger partial charge in [0.15, 0.2) is 0 Å². The van der Waals surface area contributed by atoms with E-state index in [9.17, 15) is 19.5 Å². The standard InChI is InChI=1S/C29H38ClN3O4S/c1-6-14-31(5)26(35)23-22-12-13-29(38-22)24(23)27(36)33(19(17-34)16-18(3)4)25(29)28(37)32(15-7-2)21-11-9-8-10-20(21)30/h6-11,18-19,22-25,34H,1-2,12-17H2,3-5H3/t19-,22+,23-,24+,25?,29?/m1/s1. The van der Waals surface area contributed by atoms with E-state index in [-0.39, 0.29) is 42.0 Å². The highest BCUT2D eigenvalue weighted by Gasteiger charge is 2.74. The van der Waals surface area contributed by atoms with E-state index in [1.807, 2.05) is 19.9 Å². The molecule has 3 aliphatic heterocycles. The molecule has 4 rings (SSSR count). The molecule has 1 N–H and O–H groups in total. The molecule has 7 nitrogen and oxygen atoms in total. The number of halogens is 1. The number of carbonyl (C=O) groups excluding carboxylic acids is 3. The van der Waals surface area contributed by atoms with Gasteiger partial charge >= 0.3 is 0 Å². The fourth-order valence-corrected chi connectivity index (χ4v) is 9.09. The minimum Gasteiger partial charge on any atom is -0.394 e. The molecule has 3 fully saturated rings. The lowest BCUT2D eigenvalue weighted by atomic mass is 9.70. The van der Waals surface area contributed by atoms with Crippen LogP contribution in [0.2, 0.25) is 5.02 Å². The number of likely N-dealkylation sites (N-methyl/N-ethyl adjacent to an activating group) is 1. The maximum Gasteiger partial charge on any atom is 0.251 e. The molecule has 3 heterocycles. The summed E-state index contributed by atoms with van der Waals surface area (Å²) in [6.45, 7) is 12.0. The molecule has 0 radical (unpaired) electrons. The zero-order valence-electron chi connectivity index (χ0n) is 22.4. The number of likely N-dealkylation sites (tertiary alicyclic amines) is 1. The van der Waals surface area contributed by atoms with Crippen LogP contribution in [0, 0.1) is 17.8 Å². The Kier molecular flexibility index (Phi) is 8.65. The SMILES string of the molecule is C=CCN(C)C(=O)[C@@H]1[C@@H]2CCC3(S2)C(C(=O)N(CC=C)c2ccccc2Cl)N([C@@H](CO)CC(C)C)C(=O)[C@H]13. The molecule has 3 amide bonds. The lowest BCUT2D eigenvalue weighted by Crippen LogP contribution is -2.58. The largest absolute Gasteiger partial charge is 0.394 e. The van der Waals surface area contributed by atoms with Crippen LogP contribution < -0.4 is 4.90 Å². The average Bonchev–Trinajstić information content (AvgIpc) is 3.53. The third kappa shape index (κ3) is 4.69. The lowest BCUT2D eigenvalue weighted by Gasteiger charge is -2.40. The quantitative estimate of drug-likeness (QED) is 0.414. The van der Waals surface area contributed by atoms with E-state index in [4.69, 9.17) is 11.6 Å². The molecule has 1 aromatic carbocycles. The highest BCUT2D eigenvalue weighted by atomic mass is 35.5. The topological polar surface area (TPSA) is 81.2 Å². The van der Waals surface area contributed by atoms with Gasteiger partial charge in [-0.25, -0.2) is 0 Å². The van der Waals surface area contributed by atoms with Crippen molar-refractivity contribution in [2.45, 2.75) is 55.2 Å². The predicted molar refractivity (Wildman–Crippen MR) is 153 cm³/mol. The summed E-state index contributed by atoms with van der Waals surface area (Å²) in [5, 5.41) is 10.9. The molecule has 0 aromatic heterocycles. The van der Waals surface area contributed by atoms with Crippen LogP contribution >= 0.6 is 23.4 Å². The van der Waals surface area contributed by atoms with Crippen LogP contribution in [0.15, 0.2) is 49.6 Å². The zero-order valence-corrected chi connectivity index (χ0v) is 24.0. The molecule has 0 aliphatic carbocycles. The van der Waals surface area contributed by atoms with Crippen LogP contribution in [0.1, 0.15) is 33.1 Å². The number of nitrogens with zero attached hydrogens (tertiary/aromatic N) is 3. The first-order chi connectivity index (χ1) is 18.1. The van der Waals surface area contributed by atoms with Gasteiger partial charge in [-0.05, 0) is 37.3 Å². The molecule has 3 aliphatic rings. The first-order valence-corrected chi connectivity index (χ1v) is 14.5. The summed E-state index contributed by atoms with van der Waals surface area (Å²) in [7, 11) is 1.73. The molecule has 1 spiro atoms. The number of benzene rings is 1. The van der Waals surface area contributed by atoms with Crippen molar-refractivity contribution in [1.29, 1.82) is 0 Å². The van der Waals surface area contributed by atoms with Gasteiger partial charge in [0.2, 0.25) is 11.8 Å². The first-order valence-electron chi connectivity index (χ1n) is 13.3. The second-order valence-corrected chi connectivity index (χ2v) is 13.0. The van der Waals surface area contributed by atoms with Crippen LogP contribution in [0.4, 0.5) is 5.69 Å². The molecular formula is C29H38ClN3O4S. The van der Waals surface area contributed by atoms with Crippen molar-refractivity contribution in [2.24, 2.45) is 17.8 Å². The summed E-state index contributed by atoms with van der Waals surface area (Å²) in [5.41, 5.74) is 0.548. The second kappa shape index (κ2) is 11.4. The minimum absolute atomic E-state index is 0.0352. The number of amides is 3. The number of aliphatic hydroxyl groups is 1. The number of aliphatic hydroxyl groups excluding tert-OH is 1. The Balaban J connectivity index is 1.83. The number of hydrogen-bond donors (Lipinski definition) is 1. The Morgan fingerprint density at radius 1 is 1.24 bits per heavy atom.